The first-order valence-corrected chi connectivity index (χ1v) is 7.91. The van der Waals surface area contributed by atoms with E-state index in [2.05, 4.69) is 5.43 Å². The van der Waals surface area contributed by atoms with Crippen LogP contribution in [0.5, 0.6) is 0 Å². The number of halogens is 3. The van der Waals surface area contributed by atoms with Gasteiger partial charge in [-0.3, -0.25) is 4.90 Å². The molecule has 1 heterocycles. The Hall–Kier alpha value is -0.330. The third-order valence-corrected chi connectivity index (χ3v) is 4.04. The first-order chi connectivity index (χ1) is 9.29. The van der Waals surface area contributed by atoms with Gasteiger partial charge in [-0.2, -0.15) is 9.84 Å². The van der Waals surface area contributed by atoms with Crippen LogP contribution in [-0.4, -0.2) is 19.7 Å². The zero-order valence-corrected chi connectivity index (χ0v) is 14.0. The summed E-state index contributed by atoms with van der Waals surface area (Å²) in [6.45, 7) is 4.04. The van der Waals surface area contributed by atoms with E-state index in [0.29, 0.717) is 0 Å². The van der Waals surface area contributed by atoms with Crippen LogP contribution in [0.15, 0.2) is 30.3 Å². The molecule has 2 rings (SSSR count). The van der Waals surface area contributed by atoms with E-state index in [4.69, 9.17) is 34.8 Å². The lowest BCUT2D eigenvalue weighted by atomic mass is 10.1. The summed E-state index contributed by atoms with van der Waals surface area (Å²) in [6, 6.07) is 9.15. The fourth-order valence-corrected chi connectivity index (χ4v) is 3.08. The lowest BCUT2D eigenvalue weighted by molar-refractivity contribution is 0.235. The maximum absolute atomic E-state index is 12.5. The predicted octanol–water partition coefficient (Wildman–Crippen LogP) is 4.39. The maximum atomic E-state index is 12.5. The number of nitrogens with zero attached hydrogens (tertiary/aromatic N) is 2. The van der Waals surface area contributed by atoms with E-state index in [1.165, 1.54) is 4.41 Å². The van der Waals surface area contributed by atoms with Crippen molar-refractivity contribution in [3.05, 3.63) is 30.3 Å². The number of carbonyl (C=O) groups is 1. The third kappa shape index (κ3) is 3.65. The van der Waals surface area contributed by atoms with Gasteiger partial charge in [0.15, 0.2) is 0 Å². The Bertz CT molecular complexity index is 481. The Morgan fingerprint density at radius 2 is 1.85 bits per heavy atom. The fourth-order valence-electron chi connectivity index (χ4n) is 1.93. The molecule has 1 saturated heterocycles. The molecule has 0 aliphatic carbocycles. The second-order valence-corrected chi connectivity index (χ2v) is 8.75. The zero-order valence-electron chi connectivity index (χ0n) is 10.9. The minimum atomic E-state index is -1.60. The Morgan fingerprint density at radius 3 is 2.35 bits per heavy atom. The van der Waals surface area contributed by atoms with Crippen molar-refractivity contribution in [3.63, 3.8) is 0 Å². The second-order valence-electron chi connectivity index (χ2n) is 4.64. The highest BCUT2D eigenvalue weighted by atomic mass is 35.6. The topological polar surface area (TPSA) is 35.6 Å². The number of nitrogens with one attached hydrogen (secondary N) is 1. The van der Waals surface area contributed by atoms with Crippen molar-refractivity contribution in [2.45, 2.75) is 23.1 Å². The minimum absolute atomic E-state index is 0.190. The Kier molecular flexibility index (Phi) is 4.97. The molecule has 1 aromatic rings. The molecule has 4 nitrogen and oxygen atoms in total. The summed E-state index contributed by atoms with van der Waals surface area (Å²) in [7, 11) is 0. The minimum Gasteiger partial charge on any atom is -0.275 e. The normalized spacial score (nSPS) is 20.1. The van der Waals surface area contributed by atoms with Crippen LogP contribution in [0.1, 0.15) is 13.8 Å². The van der Waals surface area contributed by atoms with Gasteiger partial charge < -0.3 is 0 Å². The van der Waals surface area contributed by atoms with Crippen molar-refractivity contribution in [2.24, 2.45) is 5.92 Å². The molecule has 1 unspecified atom stereocenters. The third-order valence-electron chi connectivity index (χ3n) is 2.77. The van der Waals surface area contributed by atoms with Gasteiger partial charge in [0.05, 0.1) is 0 Å². The number of carbonyl (C=O) groups excluding carboxylic acids is 1. The number of rotatable bonds is 3. The first kappa shape index (κ1) is 16.0. The van der Waals surface area contributed by atoms with Crippen molar-refractivity contribution in [1.82, 2.24) is 9.84 Å². The van der Waals surface area contributed by atoms with E-state index in [0.717, 1.165) is 17.6 Å². The van der Waals surface area contributed by atoms with Crippen molar-refractivity contribution in [3.8, 4) is 0 Å². The molecule has 110 valence electrons. The van der Waals surface area contributed by atoms with E-state index in [-0.39, 0.29) is 18.1 Å². The summed E-state index contributed by atoms with van der Waals surface area (Å²) < 4.78 is -0.332. The number of benzene rings is 1. The number of hydrazine groups is 1. The fraction of sp³-hybridized carbons (Fsp3) is 0.417. The van der Waals surface area contributed by atoms with Crippen molar-refractivity contribution >= 4 is 58.5 Å². The van der Waals surface area contributed by atoms with E-state index in [9.17, 15) is 4.79 Å². The standard InChI is InChI=1S/C12H14Cl3N3OS/c1-8(2)10-16-18(20-12(13,14)15)11(19)17(10)9-6-4-3-5-7-9/h3-8,10,16H,1-2H3. The SMILES string of the molecule is CC(C)C1NN(SC(Cl)(Cl)Cl)C(=O)N1c1ccccc1. The van der Waals surface area contributed by atoms with Crippen LogP contribution in [0.3, 0.4) is 0 Å². The van der Waals surface area contributed by atoms with Gasteiger partial charge in [-0.15, -0.1) is 0 Å². The van der Waals surface area contributed by atoms with Gasteiger partial charge in [-0.05, 0) is 18.1 Å². The summed E-state index contributed by atoms with van der Waals surface area (Å²) in [5.74, 6) is 0.195. The number of para-hydroxylation sites is 1. The molecule has 0 aromatic heterocycles. The first-order valence-electron chi connectivity index (χ1n) is 6.00. The van der Waals surface area contributed by atoms with Gasteiger partial charge in [-0.1, -0.05) is 66.8 Å². The Balaban J connectivity index is 2.27. The quantitative estimate of drug-likeness (QED) is 0.646. The van der Waals surface area contributed by atoms with Crippen LogP contribution >= 0.6 is 46.8 Å². The molecule has 20 heavy (non-hydrogen) atoms. The van der Waals surface area contributed by atoms with Gasteiger partial charge in [0.2, 0.25) is 0 Å². The van der Waals surface area contributed by atoms with E-state index in [1.807, 2.05) is 44.2 Å². The lowest BCUT2D eigenvalue weighted by Crippen LogP contribution is -2.41. The molecule has 2 amide bonds. The number of alkyl halides is 3. The highest BCUT2D eigenvalue weighted by molar-refractivity contribution is 8.03. The number of hydrogen-bond acceptors (Lipinski definition) is 3. The smallest absolute Gasteiger partial charge is 0.275 e. The number of hydrogen-bond donors (Lipinski definition) is 1. The summed E-state index contributed by atoms with van der Waals surface area (Å²) in [5, 5.41) is 0. The van der Waals surface area contributed by atoms with Crippen LogP contribution in [0.2, 0.25) is 0 Å². The number of amides is 2. The van der Waals surface area contributed by atoms with Crippen molar-refractivity contribution in [2.75, 3.05) is 4.90 Å². The molecule has 0 spiro atoms. The molecule has 0 radical (unpaired) electrons. The summed E-state index contributed by atoms with van der Waals surface area (Å²) in [4.78, 5) is 14.2. The van der Waals surface area contributed by atoms with Crippen molar-refractivity contribution in [1.29, 1.82) is 0 Å². The van der Waals surface area contributed by atoms with Gasteiger partial charge in [0, 0.05) is 17.6 Å². The maximum Gasteiger partial charge on any atom is 0.350 e. The molecule has 1 fully saturated rings. The van der Waals surface area contributed by atoms with E-state index < -0.39 is 3.12 Å². The molecule has 1 aliphatic rings. The van der Waals surface area contributed by atoms with Crippen LogP contribution in [0, 0.1) is 5.92 Å². The number of anilines is 1. The molecule has 1 atom stereocenters. The summed E-state index contributed by atoms with van der Waals surface area (Å²) in [6.07, 6.45) is -0.190. The predicted molar refractivity (Wildman–Crippen MR) is 85.8 cm³/mol. The second kappa shape index (κ2) is 6.20. The van der Waals surface area contributed by atoms with E-state index >= 15 is 0 Å². The van der Waals surface area contributed by atoms with Gasteiger partial charge in [0.1, 0.15) is 6.17 Å². The van der Waals surface area contributed by atoms with Crippen LogP contribution in [0.4, 0.5) is 10.5 Å². The van der Waals surface area contributed by atoms with Gasteiger partial charge >= 0.3 is 6.03 Å². The zero-order chi connectivity index (χ0) is 14.9. The molecule has 1 N–H and O–H groups in total. The molecular weight excluding hydrogens is 341 g/mol. The van der Waals surface area contributed by atoms with Gasteiger partial charge in [0.25, 0.3) is 3.12 Å². The summed E-state index contributed by atoms with van der Waals surface area (Å²) in [5.41, 5.74) is 3.87. The Labute approximate surface area is 137 Å². The molecule has 1 aromatic carbocycles. The molecular formula is C12H14Cl3N3OS. The summed E-state index contributed by atoms with van der Waals surface area (Å²) >= 11 is 18.0. The number of urea groups is 1. The van der Waals surface area contributed by atoms with Crippen molar-refractivity contribution < 1.29 is 4.79 Å². The largest absolute Gasteiger partial charge is 0.350 e. The molecule has 8 heteroatoms. The van der Waals surface area contributed by atoms with Crippen LogP contribution in [-0.2, 0) is 0 Å². The molecule has 0 saturated carbocycles. The molecule has 0 bridgehead atoms. The van der Waals surface area contributed by atoms with Crippen LogP contribution in [0.25, 0.3) is 0 Å². The van der Waals surface area contributed by atoms with Gasteiger partial charge in [-0.25, -0.2) is 4.79 Å². The average molecular weight is 355 g/mol. The monoisotopic (exact) mass is 353 g/mol. The highest BCUT2D eigenvalue weighted by Crippen LogP contribution is 2.42. The highest BCUT2D eigenvalue weighted by Gasteiger charge is 2.43. The van der Waals surface area contributed by atoms with E-state index in [1.54, 1.807) is 4.90 Å². The lowest BCUT2D eigenvalue weighted by Gasteiger charge is -2.25. The average Bonchev–Trinajstić information content (AvgIpc) is 2.66. The van der Waals surface area contributed by atoms with Crippen LogP contribution < -0.4 is 10.3 Å². The molecule has 1 aliphatic heterocycles. The Morgan fingerprint density at radius 1 is 1.25 bits per heavy atom.